The van der Waals surface area contributed by atoms with Gasteiger partial charge in [0.1, 0.15) is 6.04 Å². The molecule has 6 heteroatoms. The highest BCUT2D eigenvalue weighted by Crippen LogP contribution is 2.03. The van der Waals surface area contributed by atoms with Gasteiger partial charge in [-0.15, -0.1) is 0 Å². The molecule has 0 radical (unpaired) electrons. The van der Waals surface area contributed by atoms with E-state index in [0.717, 1.165) is 18.1 Å². The Hall–Kier alpha value is -0.300. The topological polar surface area (TPSA) is 101 Å². The number of rotatable bonds is 8. The van der Waals surface area contributed by atoms with Crippen molar-refractivity contribution in [1.82, 2.24) is 5.32 Å². The Kier molecular flexibility index (Phi) is 7.87. The number of aliphatic carboxylic acids is 1. The zero-order valence-corrected chi connectivity index (χ0v) is 9.22. The van der Waals surface area contributed by atoms with E-state index in [4.69, 9.17) is 16.6 Å². The van der Waals surface area contributed by atoms with Crippen molar-refractivity contribution in [3.63, 3.8) is 0 Å². The fourth-order valence-corrected chi connectivity index (χ4v) is 1.68. The first-order valence-corrected chi connectivity index (χ1v) is 5.74. The Morgan fingerprint density at radius 1 is 1.50 bits per heavy atom. The second-order valence-electron chi connectivity index (χ2n) is 3.09. The van der Waals surface area contributed by atoms with Gasteiger partial charge in [0.05, 0.1) is 6.17 Å². The maximum Gasteiger partial charge on any atom is 0.320 e. The molecule has 0 aliphatic rings. The van der Waals surface area contributed by atoms with E-state index in [9.17, 15) is 4.79 Å². The van der Waals surface area contributed by atoms with Crippen molar-refractivity contribution in [2.45, 2.75) is 25.6 Å². The number of hydrogen-bond donors (Lipinski definition) is 4. The summed E-state index contributed by atoms with van der Waals surface area (Å²) in [5, 5.41) is 11.6. The monoisotopic (exact) mass is 221 g/mol. The molecule has 0 aromatic carbocycles. The molecule has 0 aromatic rings. The van der Waals surface area contributed by atoms with Gasteiger partial charge in [0, 0.05) is 12.3 Å². The minimum Gasteiger partial charge on any atom is -0.480 e. The maximum atomic E-state index is 10.3. The lowest BCUT2D eigenvalue weighted by Crippen LogP contribution is -2.35. The second kappa shape index (κ2) is 8.05. The van der Waals surface area contributed by atoms with Crippen LogP contribution in [0.25, 0.3) is 0 Å². The zero-order chi connectivity index (χ0) is 11.0. The Labute approximate surface area is 88.6 Å². The summed E-state index contributed by atoms with van der Waals surface area (Å²) in [6, 6.07) is -0.733. The zero-order valence-electron chi connectivity index (χ0n) is 8.40. The molecule has 0 aliphatic carbocycles. The fraction of sp³-hybridized carbons (Fsp3) is 0.875. The van der Waals surface area contributed by atoms with Gasteiger partial charge in [-0.25, -0.2) is 0 Å². The van der Waals surface area contributed by atoms with E-state index in [-0.39, 0.29) is 6.17 Å². The van der Waals surface area contributed by atoms with E-state index >= 15 is 0 Å². The fourth-order valence-electron chi connectivity index (χ4n) is 0.795. The molecule has 0 saturated heterocycles. The average molecular weight is 221 g/mol. The van der Waals surface area contributed by atoms with Crippen molar-refractivity contribution < 1.29 is 9.90 Å². The van der Waals surface area contributed by atoms with Crippen LogP contribution < -0.4 is 16.8 Å². The third-order valence-corrected chi connectivity index (χ3v) is 2.62. The lowest BCUT2D eigenvalue weighted by Gasteiger charge is -2.08. The molecule has 0 rings (SSSR count). The normalized spacial score (nSPS) is 15.1. The van der Waals surface area contributed by atoms with Crippen molar-refractivity contribution >= 4 is 17.7 Å². The third kappa shape index (κ3) is 8.31. The van der Waals surface area contributed by atoms with Crippen LogP contribution in [0.5, 0.6) is 0 Å². The highest BCUT2D eigenvalue weighted by Gasteiger charge is 2.09. The lowest BCUT2D eigenvalue weighted by molar-refractivity contribution is -0.138. The second-order valence-corrected chi connectivity index (χ2v) is 4.31. The summed E-state index contributed by atoms with van der Waals surface area (Å²) in [6.07, 6.45) is 0.523. The van der Waals surface area contributed by atoms with Crippen molar-refractivity contribution in [3.05, 3.63) is 0 Å². The molecule has 0 aliphatic heterocycles. The Morgan fingerprint density at radius 2 is 2.14 bits per heavy atom. The summed E-state index contributed by atoms with van der Waals surface area (Å²) in [6.45, 7) is 2.72. The summed E-state index contributed by atoms with van der Waals surface area (Å²) in [5.74, 6) is 0.765. The van der Waals surface area contributed by atoms with Crippen LogP contribution in [0.4, 0.5) is 0 Å². The van der Waals surface area contributed by atoms with Crippen LogP contribution in [-0.2, 0) is 4.79 Å². The minimum absolute atomic E-state index is 0.0110. The molecule has 0 spiro atoms. The third-order valence-electron chi connectivity index (χ3n) is 1.60. The van der Waals surface area contributed by atoms with Crippen LogP contribution in [0.15, 0.2) is 0 Å². The number of thioether (sulfide) groups is 1. The SMILES string of the molecule is CC(N)NCCSCC[C@H](N)C(=O)O. The van der Waals surface area contributed by atoms with Crippen molar-refractivity contribution in [1.29, 1.82) is 0 Å². The molecule has 0 bridgehead atoms. The highest BCUT2D eigenvalue weighted by atomic mass is 32.2. The van der Waals surface area contributed by atoms with Gasteiger partial charge in [0.2, 0.25) is 0 Å². The Balaban J connectivity index is 3.17. The van der Waals surface area contributed by atoms with Gasteiger partial charge in [-0.05, 0) is 19.1 Å². The molecule has 0 aromatic heterocycles. The molecule has 0 amide bonds. The van der Waals surface area contributed by atoms with E-state index in [1.165, 1.54) is 0 Å². The van der Waals surface area contributed by atoms with Gasteiger partial charge in [0.15, 0.2) is 0 Å². The van der Waals surface area contributed by atoms with Gasteiger partial charge in [-0.2, -0.15) is 11.8 Å². The molecule has 2 atom stereocenters. The van der Waals surface area contributed by atoms with Crippen LogP contribution in [0, 0.1) is 0 Å². The predicted octanol–water partition coefficient (Wildman–Crippen LogP) is -0.584. The average Bonchev–Trinajstić information content (AvgIpc) is 2.09. The lowest BCUT2D eigenvalue weighted by atomic mass is 10.2. The summed E-state index contributed by atoms with van der Waals surface area (Å²) >= 11 is 1.68. The standard InChI is InChI=1S/C8H19N3O2S/c1-6(9)11-3-5-14-4-2-7(10)8(12)13/h6-7,11H,2-5,9-10H2,1H3,(H,12,13)/t6?,7-/m0/s1. The molecule has 84 valence electrons. The van der Waals surface area contributed by atoms with Gasteiger partial charge >= 0.3 is 5.97 Å². The van der Waals surface area contributed by atoms with Crippen molar-refractivity contribution in [2.75, 3.05) is 18.1 Å². The molecule has 0 fully saturated rings. The number of carbonyl (C=O) groups is 1. The molecule has 0 saturated carbocycles. The molecular weight excluding hydrogens is 202 g/mol. The van der Waals surface area contributed by atoms with E-state index in [1.807, 2.05) is 6.92 Å². The van der Waals surface area contributed by atoms with Crippen LogP contribution >= 0.6 is 11.8 Å². The van der Waals surface area contributed by atoms with Crippen molar-refractivity contribution in [2.24, 2.45) is 11.5 Å². The molecule has 14 heavy (non-hydrogen) atoms. The van der Waals surface area contributed by atoms with E-state index < -0.39 is 12.0 Å². The van der Waals surface area contributed by atoms with Gasteiger partial charge in [-0.3, -0.25) is 4.79 Å². The first-order valence-electron chi connectivity index (χ1n) is 4.59. The first kappa shape index (κ1) is 13.7. The smallest absolute Gasteiger partial charge is 0.320 e. The number of carboxylic acid groups (broad SMARTS) is 1. The van der Waals surface area contributed by atoms with Crippen LogP contribution in [0.2, 0.25) is 0 Å². The molecular formula is C8H19N3O2S. The molecule has 0 heterocycles. The van der Waals surface area contributed by atoms with E-state index in [2.05, 4.69) is 5.32 Å². The predicted molar refractivity (Wildman–Crippen MR) is 59.2 cm³/mol. The Morgan fingerprint density at radius 3 is 2.64 bits per heavy atom. The largest absolute Gasteiger partial charge is 0.480 e. The first-order chi connectivity index (χ1) is 6.54. The quantitative estimate of drug-likeness (QED) is 0.323. The number of hydrogen-bond acceptors (Lipinski definition) is 5. The molecule has 5 nitrogen and oxygen atoms in total. The summed E-state index contributed by atoms with van der Waals surface area (Å²) in [7, 11) is 0. The van der Waals surface area contributed by atoms with Crippen LogP contribution in [0.1, 0.15) is 13.3 Å². The van der Waals surface area contributed by atoms with Gasteiger partial charge in [0.25, 0.3) is 0 Å². The maximum absolute atomic E-state index is 10.3. The van der Waals surface area contributed by atoms with Crippen LogP contribution in [0.3, 0.4) is 0 Å². The molecule has 1 unspecified atom stereocenters. The summed E-state index contributed by atoms with van der Waals surface area (Å²) in [4.78, 5) is 10.3. The highest BCUT2D eigenvalue weighted by molar-refractivity contribution is 7.99. The molecule has 6 N–H and O–H groups in total. The summed E-state index contributed by atoms with van der Waals surface area (Å²) < 4.78 is 0. The van der Waals surface area contributed by atoms with Gasteiger partial charge < -0.3 is 21.9 Å². The minimum atomic E-state index is -0.931. The number of carboxylic acids is 1. The number of nitrogens with two attached hydrogens (primary N) is 2. The van der Waals surface area contributed by atoms with E-state index in [1.54, 1.807) is 11.8 Å². The number of nitrogens with one attached hydrogen (secondary N) is 1. The summed E-state index contributed by atoms with van der Waals surface area (Å²) in [5.41, 5.74) is 10.8. The van der Waals surface area contributed by atoms with Crippen molar-refractivity contribution in [3.8, 4) is 0 Å². The van der Waals surface area contributed by atoms with Crippen LogP contribution in [-0.4, -0.2) is 41.3 Å². The van der Waals surface area contributed by atoms with E-state index in [0.29, 0.717) is 6.42 Å². The Bertz CT molecular complexity index is 167. The van der Waals surface area contributed by atoms with Gasteiger partial charge in [-0.1, -0.05) is 0 Å².